The summed E-state index contributed by atoms with van der Waals surface area (Å²) in [6.07, 6.45) is 0.510. The van der Waals surface area contributed by atoms with Crippen molar-refractivity contribution in [2.24, 2.45) is 0 Å². The predicted octanol–water partition coefficient (Wildman–Crippen LogP) is 0.846. The van der Waals surface area contributed by atoms with Crippen LogP contribution in [0.5, 0.6) is 0 Å². The maximum Gasteiger partial charge on any atom is 0.318 e. The molecule has 1 N–H and O–H groups in total. The molecule has 0 saturated heterocycles. The van der Waals surface area contributed by atoms with Gasteiger partial charge in [-0.1, -0.05) is 76.6 Å². The van der Waals surface area contributed by atoms with Gasteiger partial charge in [-0.05, 0) is 17.5 Å². The lowest BCUT2D eigenvalue weighted by molar-refractivity contribution is -0.142. The number of carboxylic acids is 1. The summed E-state index contributed by atoms with van der Waals surface area (Å²) in [6.45, 7) is 0. The molecule has 0 bridgehead atoms. The SMILES string of the molecule is O=C(O)C(CCBr)(c1ccccc1)c1ccccc1.[Cl-]. The molecule has 0 unspecified atom stereocenters. The van der Waals surface area contributed by atoms with Crippen LogP contribution in [0.3, 0.4) is 0 Å². The number of aliphatic carboxylic acids is 1. The third-order valence-corrected chi connectivity index (χ3v) is 3.76. The third kappa shape index (κ3) is 3.05. The van der Waals surface area contributed by atoms with E-state index < -0.39 is 11.4 Å². The van der Waals surface area contributed by atoms with E-state index in [9.17, 15) is 9.90 Å². The minimum atomic E-state index is -0.994. The van der Waals surface area contributed by atoms with Crippen LogP contribution in [-0.2, 0) is 10.2 Å². The van der Waals surface area contributed by atoms with Gasteiger partial charge >= 0.3 is 5.97 Å². The zero-order valence-electron chi connectivity index (χ0n) is 10.8. The molecule has 0 aliphatic carbocycles. The molecule has 4 heteroatoms. The molecule has 2 aromatic carbocycles. The number of hydrogen-bond acceptors (Lipinski definition) is 1. The van der Waals surface area contributed by atoms with Gasteiger partial charge < -0.3 is 17.5 Å². The molecule has 0 atom stereocenters. The van der Waals surface area contributed by atoms with Crippen molar-refractivity contribution in [3.63, 3.8) is 0 Å². The van der Waals surface area contributed by atoms with Gasteiger partial charge in [0.2, 0.25) is 0 Å². The van der Waals surface area contributed by atoms with Crippen molar-refractivity contribution in [1.82, 2.24) is 0 Å². The van der Waals surface area contributed by atoms with Gasteiger partial charge in [0.1, 0.15) is 5.41 Å². The van der Waals surface area contributed by atoms with Crippen molar-refractivity contribution in [3.05, 3.63) is 71.8 Å². The number of rotatable bonds is 5. The van der Waals surface area contributed by atoms with E-state index in [4.69, 9.17) is 0 Å². The number of benzene rings is 2. The van der Waals surface area contributed by atoms with Crippen molar-refractivity contribution in [2.45, 2.75) is 11.8 Å². The molecule has 0 saturated carbocycles. The number of alkyl halides is 1. The number of carboxylic acid groups (broad SMARTS) is 1. The van der Waals surface area contributed by atoms with Crippen LogP contribution >= 0.6 is 15.9 Å². The number of carbonyl (C=O) groups is 1. The maximum absolute atomic E-state index is 12.0. The highest BCUT2D eigenvalue weighted by Gasteiger charge is 2.41. The summed E-state index contributed by atoms with van der Waals surface area (Å²) in [7, 11) is 0. The molecule has 20 heavy (non-hydrogen) atoms. The summed E-state index contributed by atoms with van der Waals surface area (Å²) in [6, 6.07) is 18.8. The Kier molecular flexibility index (Phi) is 6.24. The lowest BCUT2D eigenvalue weighted by Gasteiger charge is -2.30. The Morgan fingerprint density at radius 1 is 0.950 bits per heavy atom. The van der Waals surface area contributed by atoms with Gasteiger partial charge in [0, 0.05) is 5.33 Å². The number of halogens is 2. The fourth-order valence-corrected chi connectivity index (χ4v) is 2.99. The van der Waals surface area contributed by atoms with Crippen LogP contribution in [0.15, 0.2) is 60.7 Å². The molecule has 0 heterocycles. The van der Waals surface area contributed by atoms with Gasteiger partial charge in [-0.15, -0.1) is 0 Å². The van der Waals surface area contributed by atoms with Crippen LogP contribution in [0.1, 0.15) is 17.5 Å². The average Bonchev–Trinajstić information content (AvgIpc) is 2.46. The summed E-state index contributed by atoms with van der Waals surface area (Å²) in [5, 5.41) is 10.5. The standard InChI is InChI=1S/C16H15BrO2.ClH/c17-12-11-16(15(18)19,13-7-3-1-4-8-13)14-9-5-2-6-10-14;/h1-10H,11-12H2,(H,18,19);1H/p-1. The molecule has 0 amide bonds. The smallest absolute Gasteiger partial charge is 0.318 e. The zero-order valence-corrected chi connectivity index (χ0v) is 13.1. The lowest BCUT2D eigenvalue weighted by Crippen LogP contribution is -3.00. The minimum absolute atomic E-state index is 0. The second kappa shape index (κ2) is 7.46. The van der Waals surface area contributed by atoms with Crippen LogP contribution in [0.2, 0.25) is 0 Å². The molecule has 0 fully saturated rings. The Bertz CT molecular complexity index is 503. The Labute approximate surface area is 133 Å². The summed E-state index contributed by atoms with van der Waals surface area (Å²) >= 11 is 3.38. The molecule has 106 valence electrons. The second-order valence-electron chi connectivity index (χ2n) is 4.38. The van der Waals surface area contributed by atoms with Gasteiger partial charge in [0.15, 0.2) is 0 Å². The molecule has 0 aliphatic rings. The van der Waals surface area contributed by atoms with Crippen molar-refractivity contribution in [2.75, 3.05) is 5.33 Å². The first-order valence-corrected chi connectivity index (χ1v) is 7.24. The monoisotopic (exact) mass is 353 g/mol. The van der Waals surface area contributed by atoms with Gasteiger partial charge in [0.25, 0.3) is 0 Å². The number of hydrogen-bond donors (Lipinski definition) is 1. The summed E-state index contributed by atoms with van der Waals surface area (Å²) < 4.78 is 0. The van der Waals surface area contributed by atoms with Crippen molar-refractivity contribution in [1.29, 1.82) is 0 Å². The van der Waals surface area contributed by atoms with E-state index in [1.807, 2.05) is 60.7 Å². The highest BCUT2D eigenvalue weighted by molar-refractivity contribution is 9.09. The topological polar surface area (TPSA) is 37.3 Å². The van der Waals surface area contributed by atoms with Crippen LogP contribution in [-0.4, -0.2) is 16.4 Å². The fraction of sp³-hybridized carbons (Fsp3) is 0.188. The van der Waals surface area contributed by atoms with E-state index in [0.717, 1.165) is 11.1 Å². The highest BCUT2D eigenvalue weighted by atomic mass is 79.9. The largest absolute Gasteiger partial charge is 1.00 e. The zero-order chi connectivity index (χ0) is 13.7. The van der Waals surface area contributed by atoms with E-state index in [-0.39, 0.29) is 12.4 Å². The van der Waals surface area contributed by atoms with Crippen molar-refractivity contribution < 1.29 is 22.3 Å². The quantitative estimate of drug-likeness (QED) is 0.808. The normalized spacial score (nSPS) is 10.7. The Balaban J connectivity index is 0.00000200. The lowest BCUT2D eigenvalue weighted by atomic mass is 9.72. The van der Waals surface area contributed by atoms with Crippen LogP contribution in [0.25, 0.3) is 0 Å². The van der Waals surface area contributed by atoms with Gasteiger partial charge in [0.05, 0.1) is 0 Å². The molecule has 2 nitrogen and oxygen atoms in total. The van der Waals surface area contributed by atoms with E-state index in [1.165, 1.54) is 0 Å². The Morgan fingerprint density at radius 3 is 1.65 bits per heavy atom. The molecule has 2 aromatic rings. The molecule has 2 rings (SSSR count). The summed E-state index contributed by atoms with van der Waals surface area (Å²) in [5.74, 6) is -0.815. The van der Waals surface area contributed by atoms with Crippen molar-refractivity contribution >= 4 is 21.9 Å². The first kappa shape index (κ1) is 16.7. The first-order chi connectivity index (χ1) is 9.21. The van der Waals surface area contributed by atoms with Crippen LogP contribution in [0, 0.1) is 0 Å². The molecular formula is C16H15BrClO2-. The van der Waals surface area contributed by atoms with E-state index >= 15 is 0 Å². The van der Waals surface area contributed by atoms with Gasteiger partial charge in [-0.3, -0.25) is 4.79 Å². The Morgan fingerprint density at radius 2 is 1.35 bits per heavy atom. The molecule has 0 aliphatic heterocycles. The molecular weight excluding hydrogens is 340 g/mol. The average molecular weight is 355 g/mol. The molecule has 0 radical (unpaired) electrons. The van der Waals surface area contributed by atoms with E-state index in [2.05, 4.69) is 15.9 Å². The summed E-state index contributed by atoms with van der Waals surface area (Å²) in [4.78, 5) is 12.0. The fourth-order valence-electron chi connectivity index (χ4n) is 2.40. The third-order valence-electron chi connectivity index (χ3n) is 3.37. The second-order valence-corrected chi connectivity index (χ2v) is 5.17. The highest BCUT2D eigenvalue weighted by Crippen LogP contribution is 2.36. The summed E-state index contributed by atoms with van der Waals surface area (Å²) in [5.41, 5.74) is 0.632. The van der Waals surface area contributed by atoms with Crippen LogP contribution < -0.4 is 12.4 Å². The van der Waals surface area contributed by atoms with Crippen LogP contribution in [0.4, 0.5) is 0 Å². The van der Waals surface area contributed by atoms with Crippen molar-refractivity contribution in [3.8, 4) is 0 Å². The van der Waals surface area contributed by atoms with E-state index in [0.29, 0.717) is 11.8 Å². The van der Waals surface area contributed by atoms with Gasteiger partial charge in [-0.25, -0.2) is 0 Å². The predicted molar refractivity (Wildman–Crippen MR) is 79.7 cm³/mol. The Hall–Kier alpha value is -1.32. The maximum atomic E-state index is 12.0. The van der Waals surface area contributed by atoms with Gasteiger partial charge in [-0.2, -0.15) is 0 Å². The molecule has 0 aromatic heterocycles. The van der Waals surface area contributed by atoms with E-state index in [1.54, 1.807) is 0 Å². The minimum Gasteiger partial charge on any atom is -1.00 e. The molecule has 0 spiro atoms. The first-order valence-electron chi connectivity index (χ1n) is 6.12.